The lowest BCUT2D eigenvalue weighted by Gasteiger charge is -2.39. The molecule has 3 fully saturated rings. The molecule has 8 nitrogen and oxygen atoms in total. The molecule has 0 aromatic heterocycles. The van der Waals surface area contributed by atoms with Gasteiger partial charge in [0.05, 0.1) is 30.1 Å². The molecule has 3 aliphatic rings. The summed E-state index contributed by atoms with van der Waals surface area (Å²) in [5.41, 5.74) is -0.494. The topological polar surface area (TPSA) is 114 Å². The maximum atomic E-state index is 15.0. The van der Waals surface area contributed by atoms with Crippen molar-refractivity contribution in [3.63, 3.8) is 0 Å². The van der Waals surface area contributed by atoms with E-state index in [1.165, 1.54) is 19.6 Å². The summed E-state index contributed by atoms with van der Waals surface area (Å²) in [6.07, 6.45) is 10.3. The van der Waals surface area contributed by atoms with E-state index in [1.807, 2.05) is 0 Å². The quantitative estimate of drug-likeness (QED) is 0.361. The third kappa shape index (κ3) is 7.07. The molecule has 0 aliphatic heterocycles. The predicted molar refractivity (Wildman–Crippen MR) is 149 cm³/mol. The number of methoxy groups -OCH3 is 1. The highest BCUT2D eigenvalue weighted by Crippen LogP contribution is 2.40. The summed E-state index contributed by atoms with van der Waals surface area (Å²) in [6, 6.07) is 2.17. The average Bonchev–Trinajstić information content (AvgIpc) is 2.89. The van der Waals surface area contributed by atoms with E-state index in [0.717, 1.165) is 44.6 Å². The fourth-order valence-electron chi connectivity index (χ4n) is 6.32. The van der Waals surface area contributed by atoms with Crippen LogP contribution in [-0.2, 0) is 9.59 Å². The Hall–Kier alpha value is -2.84. The molecule has 9 heteroatoms. The minimum Gasteiger partial charge on any atom is -0.496 e. The fourth-order valence-corrected chi connectivity index (χ4v) is 6.32. The molecule has 40 heavy (non-hydrogen) atoms. The molecule has 2 amide bonds. The summed E-state index contributed by atoms with van der Waals surface area (Å²) < 4.78 is 26.3. The summed E-state index contributed by atoms with van der Waals surface area (Å²) in [5.74, 6) is -2.23. The van der Waals surface area contributed by atoms with Crippen molar-refractivity contribution >= 4 is 17.8 Å². The van der Waals surface area contributed by atoms with Crippen molar-refractivity contribution in [2.45, 2.75) is 109 Å². The molecule has 3 N–H and O–H groups in total. The normalized spacial score (nSPS) is 28.2. The van der Waals surface area contributed by atoms with E-state index in [9.17, 15) is 23.9 Å². The van der Waals surface area contributed by atoms with Crippen LogP contribution in [-0.4, -0.2) is 48.7 Å². The number of carboxylic acid groups (broad SMARTS) is 1. The Bertz CT molecular complexity index is 1080. The number of ether oxygens (including phenoxy) is 2. The standard InChI is InChI=1S/C31H45FN2O6/c1-30(13-8-14-30)19-33-27(35)21-9-6-4-5-7-10-24(21)34-28(36)22-17-26(23(32)18-25(22)39-3)40-20-11-15-31(2,16-12-20)29(37)38/h17-18,20-21,24H,4-16,19H2,1-3H3,(H,33,35)(H,34,36)(H,37,38). The SMILES string of the molecule is COc1cc(F)c(OC2CCC(C)(C(=O)O)CC2)cc1C(=O)NC1CCCCCCC1C(=O)NCC1(C)CCC1. The van der Waals surface area contributed by atoms with Crippen LogP contribution < -0.4 is 20.1 Å². The summed E-state index contributed by atoms with van der Waals surface area (Å²) in [7, 11) is 1.38. The van der Waals surface area contributed by atoms with Gasteiger partial charge >= 0.3 is 5.97 Å². The summed E-state index contributed by atoms with van der Waals surface area (Å²) in [6.45, 7) is 4.58. The van der Waals surface area contributed by atoms with Gasteiger partial charge in [-0.1, -0.05) is 39.0 Å². The second-order valence-electron chi connectivity index (χ2n) is 12.7. The van der Waals surface area contributed by atoms with Gasteiger partial charge in [-0.15, -0.1) is 0 Å². The average molecular weight is 561 g/mol. The molecule has 3 aliphatic carbocycles. The number of hydrogen-bond donors (Lipinski definition) is 3. The van der Waals surface area contributed by atoms with Crippen molar-refractivity contribution < 1.29 is 33.4 Å². The number of hydrogen-bond acceptors (Lipinski definition) is 5. The Labute approximate surface area is 236 Å². The van der Waals surface area contributed by atoms with Crippen LogP contribution in [0.25, 0.3) is 0 Å². The molecule has 3 saturated carbocycles. The van der Waals surface area contributed by atoms with Gasteiger partial charge < -0.3 is 25.2 Å². The molecule has 4 rings (SSSR count). The van der Waals surface area contributed by atoms with Crippen molar-refractivity contribution in [1.82, 2.24) is 10.6 Å². The second kappa shape index (κ2) is 12.8. The third-order valence-corrected chi connectivity index (χ3v) is 9.51. The van der Waals surface area contributed by atoms with Crippen molar-refractivity contribution in [3.8, 4) is 11.5 Å². The van der Waals surface area contributed by atoms with Crippen LogP contribution in [0.4, 0.5) is 4.39 Å². The first-order valence-corrected chi connectivity index (χ1v) is 14.9. The first-order chi connectivity index (χ1) is 19.0. The molecule has 0 saturated heterocycles. The van der Waals surface area contributed by atoms with Crippen LogP contribution in [0.15, 0.2) is 12.1 Å². The molecular formula is C31H45FN2O6. The zero-order valence-electron chi connectivity index (χ0n) is 24.2. The molecule has 1 aromatic carbocycles. The smallest absolute Gasteiger partial charge is 0.309 e. The van der Waals surface area contributed by atoms with Crippen molar-refractivity contribution in [3.05, 3.63) is 23.5 Å². The van der Waals surface area contributed by atoms with Gasteiger partial charge in [-0.2, -0.15) is 0 Å². The van der Waals surface area contributed by atoms with E-state index >= 15 is 0 Å². The van der Waals surface area contributed by atoms with Crippen molar-refractivity contribution in [2.24, 2.45) is 16.7 Å². The zero-order valence-corrected chi connectivity index (χ0v) is 24.2. The molecule has 1 aromatic rings. The van der Waals surface area contributed by atoms with E-state index in [2.05, 4.69) is 17.6 Å². The van der Waals surface area contributed by atoms with Crippen LogP contribution in [0.1, 0.15) is 108 Å². The fraction of sp³-hybridized carbons (Fsp3) is 0.710. The lowest BCUT2D eigenvalue weighted by Crippen LogP contribution is -2.49. The Balaban J connectivity index is 1.47. The minimum absolute atomic E-state index is 0.0129. The van der Waals surface area contributed by atoms with Crippen LogP contribution >= 0.6 is 0 Å². The maximum Gasteiger partial charge on any atom is 0.309 e. The predicted octanol–water partition coefficient (Wildman–Crippen LogP) is 5.62. The first-order valence-electron chi connectivity index (χ1n) is 14.9. The minimum atomic E-state index is -0.834. The monoisotopic (exact) mass is 560 g/mol. The van der Waals surface area contributed by atoms with Crippen LogP contribution in [0, 0.1) is 22.6 Å². The number of aliphatic carboxylic acids is 1. The molecule has 0 heterocycles. The molecular weight excluding hydrogens is 515 g/mol. The van der Waals surface area contributed by atoms with E-state index in [4.69, 9.17) is 9.47 Å². The van der Waals surface area contributed by atoms with E-state index in [1.54, 1.807) is 6.92 Å². The number of nitrogens with one attached hydrogen (secondary N) is 2. The molecule has 222 valence electrons. The number of rotatable bonds is 9. The van der Waals surface area contributed by atoms with Crippen LogP contribution in [0.3, 0.4) is 0 Å². The molecule has 2 unspecified atom stereocenters. The number of amides is 2. The molecule has 0 radical (unpaired) electrons. The van der Waals surface area contributed by atoms with Crippen molar-refractivity contribution in [1.29, 1.82) is 0 Å². The molecule has 2 atom stereocenters. The number of carbonyl (C=O) groups is 3. The Morgan fingerprint density at radius 2 is 1.62 bits per heavy atom. The maximum absolute atomic E-state index is 15.0. The second-order valence-corrected chi connectivity index (χ2v) is 12.7. The highest BCUT2D eigenvalue weighted by Gasteiger charge is 2.39. The van der Waals surface area contributed by atoms with E-state index in [-0.39, 0.29) is 46.4 Å². The lowest BCUT2D eigenvalue weighted by molar-refractivity contribution is -0.150. The number of carbonyl (C=O) groups excluding carboxylic acids is 2. The van der Waals surface area contributed by atoms with Gasteiger partial charge in [0.1, 0.15) is 5.75 Å². The highest BCUT2D eigenvalue weighted by atomic mass is 19.1. The zero-order chi connectivity index (χ0) is 28.9. The Morgan fingerprint density at radius 1 is 0.950 bits per heavy atom. The van der Waals surface area contributed by atoms with Crippen molar-refractivity contribution in [2.75, 3.05) is 13.7 Å². The van der Waals surface area contributed by atoms with Gasteiger partial charge in [-0.3, -0.25) is 14.4 Å². The first kappa shape index (κ1) is 30.1. The van der Waals surface area contributed by atoms with Gasteiger partial charge in [-0.05, 0) is 69.8 Å². The number of halogens is 1. The summed E-state index contributed by atoms with van der Waals surface area (Å²) in [5, 5.41) is 15.7. The Morgan fingerprint density at radius 3 is 2.23 bits per heavy atom. The van der Waals surface area contributed by atoms with Gasteiger partial charge in [-0.25, -0.2) is 4.39 Å². The van der Waals surface area contributed by atoms with Gasteiger partial charge in [0, 0.05) is 18.7 Å². The van der Waals surface area contributed by atoms with Gasteiger partial charge in [0.25, 0.3) is 5.91 Å². The van der Waals surface area contributed by atoms with E-state index < -0.39 is 23.1 Å². The van der Waals surface area contributed by atoms with E-state index in [0.29, 0.717) is 45.1 Å². The summed E-state index contributed by atoms with van der Waals surface area (Å²) in [4.78, 5) is 38.5. The molecule has 0 spiro atoms. The lowest BCUT2D eigenvalue weighted by atomic mass is 9.70. The van der Waals surface area contributed by atoms with Crippen LogP contribution in [0.5, 0.6) is 11.5 Å². The van der Waals surface area contributed by atoms with Gasteiger partial charge in [0.2, 0.25) is 5.91 Å². The highest BCUT2D eigenvalue weighted by molar-refractivity contribution is 5.98. The number of carboxylic acids is 1. The number of benzene rings is 1. The molecule has 0 bridgehead atoms. The Kier molecular flexibility index (Phi) is 9.62. The summed E-state index contributed by atoms with van der Waals surface area (Å²) >= 11 is 0. The largest absolute Gasteiger partial charge is 0.496 e. The van der Waals surface area contributed by atoms with Gasteiger partial charge in [0.15, 0.2) is 11.6 Å². The third-order valence-electron chi connectivity index (χ3n) is 9.51. The van der Waals surface area contributed by atoms with Crippen LogP contribution in [0.2, 0.25) is 0 Å².